The molecule has 112 valence electrons. The number of methoxy groups -OCH3 is 1. The van der Waals surface area contributed by atoms with Gasteiger partial charge in [0.25, 0.3) is 0 Å². The van der Waals surface area contributed by atoms with Crippen molar-refractivity contribution in [3.63, 3.8) is 0 Å². The van der Waals surface area contributed by atoms with E-state index in [1.807, 2.05) is 35.9 Å². The molecule has 0 aliphatic carbocycles. The maximum absolute atomic E-state index is 5.64. The van der Waals surface area contributed by atoms with Crippen LogP contribution < -0.4 is 4.74 Å². The molecule has 1 saturated heterocycles. The van der Waals surface area contributed by atoms with Crippen LogP contribution in [-0.2, 0) is 11.8 Å². The summed E-state index contributed by atoms with van der Waals surface area (Å²) in [6, 6.07) is 7.86. The molecule has 1 aromatic carbocycles. The van der Waals surface area contributed by atoms with Gasteiger partial charge >= 0.3 is 0 Å². The van der Waals surface area contributed by atoms with Gasteiger partial charge in [-0.15, -0.1) is 10.2 Å². The van der Waals surface area contributed by atoms with E-state index in [0.29, 0.717) is 6.10 Å². The zero-order valence-electron chi connectivity index (χ0n) is 12.3. The topological polar surface area (TPSA) is 49.2 Å². The molecule has 1 atom stereocenters. The van der Waals surface area contributed by atoms with Gasteiger partial charge in [0, 0.05) is 19.4 Å². The highest BCUT2D eigenvalue weighted by Gasteiger charge is 2.19. The summed E-state index contributed by atoms with van der Waals surface area (Å²) in [6.45, 7) is 0.885. The first kappa shape index (κ1) is 14.4. The van der Waals surface area contributed by atoms with Gasteiger partial charge in [-0.2, -0.15) is 0 Å². The molecule has 1 aromatic heterocycles. The molecule has 0 spiro atoms. The number of para-hydroxylation sites is 1. The summed E-state index contributed by atoms with van der Waals surface area (Å²) in [5, 5.41) is 9.51. The Kier molecular flexibility index (Phi) is 4.45. The average molecular weight is 305 g/mol. The highest BCUT2D eigenvalue weighted by Crippen LogP contribution is 2.30. The lowest BCUT2D eigenvalue weighted by atomic mass is 10.2. The maximum Gasteiger partial charge on any atom is 0.191 e. The van der Waals surface area contributed by atoms with Crippen LogP contribution >= 0.6 is 11.8 Å². The van der Waals surface area contributed by atoms with E-state index in [2.05, 4.69) is 10.2 Å². The number of hydrogen-bond acceptors (Lipinski definition) is 5. The SMILES string of the molecule is COc1ccccc1-c1nnc(SC[C@@H]2CCCO2)n1C. The predicted molar refractivity (Wildman–Crippen MR) is 82.7 cm³/mol. The van der Waals surface area contributed by atoms with Crippen molar-refractivity contribution in [1.82, 2.24) is 14.8 Å². The molecule has 0 N–H and O–H groups in total. The molecule has 3 rings (SSSR count). The molecule has 1 aliphatic rings. The summed E-state index contributed by atoms with van der Waals surface area (Å²) >= 11 is 1.70. The largest absolute Gasteiger partial charge is 0.496 e. The van der Waals surface area contributed by atoms with Crippen molar-refractivity contribution in [3.05, 3.63) is 24.3 Å². The fourth-order valence-electron chi connectivity index (χ4n) is 2.45. The first-order valence-electron chi connectivity index (χ1n) is 7.07. The number of nitrogens with zero attached hydrogens (tertiary/aromatic N) is 3. The molecule has 0 radical (unpaired) electrons. The molecular formula is C15H19N3O2S. The summed E-state index contributed by atoms with van der Waals surface area (Å²) in [7, 11) is 3.65. The minimum atomic E-state index is 0.349. The van der Waals surface area contributed by atoms with E-state index < -0.39 is 0 Å². The predicted octanol–water partition coefficient (Wildman–Crippen LogP) is 2.76. The number of thioether (sulfide) groups is 1. The Bertz CT molecular complexity index is 609. The van der Waals surface area contributed by atoms with E-state index >= 15 is 0 Å². The van der Waals surface area contributed by atoms with E-state index in [9.17, 15) is 0 Å². The van der Waals surface area contributed by atoms with Crippen molar-refractivity contribution >= 4 is 11.8 Å². The molecular weight excluding hydrogens is 286 g/mol. The summed E-state index contributed by atoms with van der Waals surface area (Å²) in [6.07, 6.45) is 2.65. The zero-order valence-corrected chi connectivity index (χ0v) is 13.1. The second-order valence-electron chi connectivity index (χ2n) is 5.01. The monoisotopic (exact) mass is 305 g/mol. The second-order valence-corrected chi connectivity index (χ2v) is 6.00. The van der Waals surface area contributed by atoms with Gasteiger partial charge in [0.2, 0.25) is 0 Å². The molecule has 1 fully saturated rings. The average Bonchev–Trinajstić information content (AvgIpc) is 3.15. The van der Waals surface area contributed by atoms with Crippen molar-refractivity contribution in [2.24, 2.45) is 7.05 Å². The molecule has 1 aliphatic heterocycles. The lowest BCUT2D eigenvalue weighted by molar-refractivity contribution is 0.129. The summed E-state index contributed by atoms with van der Waals surface area (Å²) in [4.78, 5) is 0. The lowest BCUT2D eigenvalue weighted by Gasteiger charge is -2.09. The first-order chi connectivity index (χ1) is 10.3. The van der Waals surface area contributed by atoms with E-state index in [1.54, 1.807) is 18.9 Å². The van der Waals surface area contributed by atoms with E-state index in [1.165, 1.54) is 0 Å². The van der Waals surface area contributed by atoms with Crippen LogP contribution in [0.1, 0.15) is 12.8 Å². The summed E-state index contributed by atoms with van der Waals surface area (Å²) in [5.41, 5.74) is 0.957. The molecule has 0 saturated carbocycles. The number of hydrogen-bond donors (Lipinski definition) is 0. The Balaban J connectivity index is 1.78. The molecule has 21 heavy (non-hydrogen) atoms. The molecule has 5 nitrogen and oxygen atoms in total. The minimum Gasteiger partial charge on any atom is -0.496 e. The quantitative estimate of drug-likeness (QED) is 0.795. The fraction of sp³-hybridized carbons (Fsp3) is 0.467. The van der Waals surface area contributed by atoms with Gasteiger partial charge in [-0.05, 0) is 25.0 Å². The van der Waals surface area contributed by atoms with Crippen LogP contribution in [0, 0.1) is 0 Å². The molecule has 0 bridgehead atoms. The third-order valence-corrected chi connectivity index (χ3v) is 4.76. The van der Waals surface area contributed by atoms with Crippen molar-refractivity contribution in [2.45, 2.75) is 24.1 Å². The molecule has 2 heterocycles. The van der Waals surface area contributed by atoms with Gasteiger partial charge < -0.3 is 14.0 Å². The molecule has 0 amide bonds. The Morgan fingerprint density at radius 1 is 1.38 bits per heavy atom. The van der Waals surface area contributed by atoms with Crippen molar-refractivity contribution < 1.29 is 9.47 Å². The van der Waals surface area contributed by atoms with E-state index in [0.717, 1.165) is 47.5 Å². The van der Waals surface area contributed by atoms with Gasteiger partial charge in [-0.3, -0.25) is 0 Å². The van der Waals surface area contributed by atoms with E-state index in [-0.39, 0.29) is 0 Å². The molecule has 6 heteroatoms. The van der Waals surface area contributed by atoms with Crippen LogP contribution in [0.3, 0.4) is 0 Å². The Morgan fingerprint density at radius 3 is 3.00 bits per heavy atom. The molecule has 2 aromatic rings. The van der Waals surface area contributed by atoms with Crippen molar-refractivity contribution in [3.8, 4) is 17.1 Å². The summed E-state index contributed by atoms with van der Waals surface area (Å²) in [5.74, 6) is 2.56. The Hall–Kier alpha value is -1.53. The van der Waals surface area contributed by atoms with Crippen LogP contribution in [0.25, 0.3) is 11.4 Å². The van der Waals surface area contributed by atoms with Crippen LogP contribution in [0.2, 0.25) is 0 Å². The third-order valence-electron chi connectivity index (χ3n) is 3.61. The van der Waals surface area contributed by atoms with Crippen molar-refractivity contribution in [2.75, 3.05) is 19.5 Å². The normalized spacial score (nSPS) is 18.1. The van der Waals surface area contributed by atoms with Gasteiger partial charge in [0.05, 0.1) is 18.8 Å². The smallest absolute Gasteiger partial charge is 0.191 e. The number of aromatic nitrogens is 3. The van der Waals surface area contributed by atoms with Gasteiger partial charge in [0.15, 0.2) is 11.0 Å². The number of ether oxygens (including phenoxy) is 2. The van der Waals surface area contributed by atoms with Crippen LogP contribution in [0.4, 0.5) is 0 Å². The first-order valence-corrected chi connectivity index (χ1v) is 8.05. The summed E-state index contributed by atoms with van der Waals surface area (Å²) < 4.78 is 13.1. The lowest BCUT2D eigenvalue weighted by Crippen LogP contribution is -2.08. The van der Waals surface area contributed by atoms with Crippen molar-refractivity contribution in [1.29, 1.82) is 0 Å². The highest BCUT2D eigenvalue weighted by atomic mass is 32.2. The van der Waals surface area contributed by atoms with Gasteiger partial charge in [0.1, 0.15) is 5.75 Å². The van der Waals surface area contributed by atoms with Crippen LogP contribution in [-0.4, -0.2) is 40.3 Å². The zero-order chi connectivity index (χ0) is 14.7. The second kappa shape index (κ2) is 6.49. The van der Waals surface area contributed by atoms with Gasteiger partial charge in [-0.1, -0.05) is 23.9 Å². The maximum atomic E-state index is 5.64. The molecule has 0 unspecified atom stereocenters. The van der Waals surface area contributed by atoms with Crippen LogP contribution in [0.15, 0.2) is 29.4 Å². The van der Waals surface area contributed by atoms with Gasteiger partial charge in [-0.25, -0.2) is 0 Å². The van der Waals surface area contributed by atoms with E-state index in [4.69, 9.17) is 9.47 Å². The third kappa shape index (κ3) is 3.06. The fourth-order valence-corrected chi connectivity index (χ4v) is 3.42. The Morgan fingerprint density at radius 2 is 2.24 bits per heavy atom. The minimum absolute atomic E-state index is 0.349. The number of benzene rings is 1. The highest BCUT2D eigenvalue weighted by molar-refractivity contribution is 7.99. The Labute approximate surface area is 128 Å². The standard InChI is InChI=1S/C15H19N3O2S/c1-18-14(12-7-3-4-8-13(12)19-2)16-17-15(18)21-10-11-6-5-9-20-11/h3-4,7-8,11H,5-6,9-10H2,1-2H3/t11-/m0/s1. The number of rotatable bonds is 5. The van der Waals surface area contributed by atoms with Crippen LogP contribution in [0.5, 0.6) is 5.75 Å².